The molecule has 0 unspecified atom stereocenters. The normalized spacial score (nSPS) is 11.1. The molecule has 0 aliphatic rings. The van der Waals surface area contributed by atoms with Crippen molar-refractivity contribution in [1.29, 1.82) is 0 Å². The van der Waals surface area contributed by atoms with E-state index in [0.29, 0.717) is 25.7 Å². The Morgan fingerprint density at radius 3 is 2.82 bits per heavy atom. The van der Waals surface area contributed by atoms with Crippen LogP contribution in [0, 0.1) is 0 Å². The molecule has 0 radical (unpaired) electrons. The number of nitrogens with one attached hydrogen (secondary N) is 2. The van der Waals surface area contributed by atoms with Gasteiger partial charge in [-0.2, -0.15) is 0 Å². The number of benzene rings is 1. The van der Waals surface area contributed by atoms with Crippen molar-refractivity contribution in [2.45, 2.75) is 6.54 Å². The predicted octanol–water partition coefficient (Wildman–Crippen LogP) is 2.48. The number of nitrogens with zero attached hydrogens (tertiary/aromatic N) is 2. The summed E-state index contributed by atoms with van der Waals surface area (Å²) in [6.07, 6.45) is 3.40. The Labute approximate surface area is 135 Å². The lowest BCUT2D eigenvalue weighted by Gasteiger charge is -2.13. The molecule has 0 bridgehead atoms. The van der Waals surface area contributed by atoms with Crippen LogP contribution in [0.3, 0.4) is 0 Å². The van der Waals surface area contributed by atoms with E-state index in [4.69, 9.17) is 16.3 Å². The number of rotatable bonds is 6. The third-order valence-corrected chi connectivity index (χ3v) is 3.29. The van der Waals surface area contributed by atoms with Gasteiger partial charge < -0.3 is 15.4 Å². The van der Waals surface area contributed by atoms with Crippen molar-refractivity contribution in [2.24, 2.45) is 4.99 Å². The summed E-state index contributed by atoms with van der Waals surface area (Å²) in [5.41, 5.74) is 1.03. The highest BCUT2D eigenvalue weighted by atomic mass is 35.5. The molecule has 0 saturated carbocycles. The number of ether oxygens (including phenoxy) is 1. The van der Waals surface area contributed by atoms with E-state index >= 15 is 0 Å². The number of aliphatic imine (C=N–C) groups is 1. The van der Waals surface area contributed by atoms with Gasteiger partial charge in [0.05, 0.1) is 12.7 Å². The van der Waals surface area contributed by atoms with Gasteiger partial charge in [-0.3, -0.25) is 9.98 Å². The minimum atomic E-state index is 0.526. The third-order valence-electron chi connectivity index (χ3n) is 2.93. The van der Waals surface area contributed by atoms with E-state index in [1.165, 1.54) is 0 Å². The highest BCUT2D eigenvalue weighted by molar-refractivity contribution is 6.31. The van der Waals surface area contributed by atoms with Crippen molar-refractivity contribution in [3.8, 4) is 5.75 Å². The number of hydrogen-bond donors (Lipinski definition) is 2. The van der Waals surface area contributed by atoms with Crippen LogP contribution >= 0.6 is 11.6 Å². The molecule has 0 fully saturated rings. The van der Waals surface area contributed by atoms with E-state index in [0.717, 1.165) is 16.3 Å². The molecular weight excluding hydrogens is 300 g/mol. The van der Waals surface area contributed by atoms with Gasteiger partial charge in [0.15, 0.2) is 5.96 Å². The van der Waals surface area contributed by atoms with E-state index in [1.54, 1.807) is 19.4 Å². The maximum atomic E-state index is 6.12. The lowest BCUT2D eigenvalue weighted by atomic mass is 10.2. The Hall–Kier alpha value is -2.27. The van der Waals surface area contributed by atoms with Gasteiger partial charge in [0.25, 0.3) is 0 Å². The largest absolute Gasteiger partial charge is 0.490 e. The number of pyridine rings is 1. The van der Waals surface area contributed by atoms with Gasteiger partial charge in [-0.25, -0.2) is 0 Å². The monoisotopic (exact) mass is 318 g/mol. The second-order valence-corrected chi connectivity index (χ2v) is 4.89. The molecule has 1 heterocycles. The summed E-state index contributed by atoms with van der Waals surface area (Å²) in [4.78, 5) is 8.15. The molecule has 1 aromatic carbocycles. The first-order valence-electron chi connectivity index (χ1n) is 7.00. The van der Waals surface area contributed by atoms with Crippen molar-refractivity contribution >= 4 is 17.6 Å². The van der Waals surface area contributed by atoms with Gasteiger partial charge in [0.2, 0.25) is 0 Å². The maximum Gasteiger partial charge on any atom is 0.191 e. The number of hydrogen-bond acceptors (Lipinski definition) is 3. The van der Waals surface area contributed by atoms with Gasteiger partial charge in [-0.1, -0.05) is 29.8 Å². The number of aromatic nitrogens is 1. The zero-order valence-electron chi connectivity index (χ0n) is 12.4. The van der Waals surface area contributed by atoms with Crippen molar-refractivity contribution in [2.75, 3.05) is 20.2 Å². The Balaban J connectivity index is 1.70. The molecule has 0 saturated heterocycles. The summed E-state index contributed by atoms with van der Waals surface area (Å²) in [6.45, 7) is 1.78. The minimum Gasteiger partial charge on any atom is -0.490 e. The molecule has 2 rings (SSSR count). The summed E-state index contributed by atoms with van der Waals surface area (Å²) in [7, 11) is 1.73. The average molecular weight is 319 g/mol. The SMILES string of the molecule is CN=C(NCCOc1cccnc1)NCc1ccccc1Cl. The fourth-order valence-corrected chi connectivity index (χ4v) is 2.01. The lowest BCUT2D eigenvalue weighted by molar-refractivity contribution is 0.320. The molecule has 0 atom stereocenters. The van der Waals surface area contributed by atoms with E-state index in [-0.39, 0.29) is 0 Å². The summed E-state index contributed by atoms with van der Waals surface area (Å²) in [5.74, 6) is 1.46. The zero-order chi connectivity index (χ0) is 15.6. The molecule has 1 aromatic heterocycles. The van der Waals surface area contributed by atoms with E-state index < -0.39 is 0 Å². The summed E-state index contributed by atoms with van der Waals surface area (Å²) in [6, 6.07) is 11.4. The smallest absolute Gasteiger partial charge is 0.191 e. The van der Waals surface area contributed by atoms with Crippen molar-refractivity contribution in [3.05, 3.63) is 59.4 Å². The Morgan fingerprint density at radius 2 is 2.09 bits per heavy atom. The molecular formula is C16H19ClN4O. The van der Waals surface area contributed by atoms with Crippen molar-refractivity contribution in [1.82, 2.24) is 15.6 Å². The minimum absolute atomic E-state index is 0.526. The quantitative estimate of drug-likeness (QED) is 0.488. The summed E-state index contributed by atoms with van der Waals surface area (Å²) >= 11 is 6.12. The maximum absolute atomic E-state index is 6.12. The van der Waals surface area contributed by atoms with Gasteiger partial charge in [0.1, 0.15) is 12.4 Å². The van der Waals surface area contributed by atoms with Gasteiger partial charge >= 0.3 is 0 Å². The third kappa shape index (κ3) is 5.26. The number of guanidine groups is 1. The highest BCUT2D eigenvalue weighted by Crippen LogP contribution is 2.14. The first-order valence-corrected chi connectivity index (χ1v) is 7.38. The molecule has 0 amide bonds. The molecule has 0 spiro atoms. The molecule has 5 nitrogen and oxygen atoms in total. The van der Waals surface area contributed by atoms with Crippen LogP contribution in [0.1, 0.15) is 5.56 Å². The van der Waals surface area contributed by atoms with Crippen LogP contribution in [-0.2, 0) is 6.54 Å². The fraction of sp³-hybridized carbons (Fsp3) is 0.250. The predicted molar refractivity (Wildman–Crippen MR) is 89.4 cm³/mol. The van der Waals surface area contributed by atoms with Gasteiger partial charge in [0, 0.05) is 24.8 Å². The summed E-state index contributed by atoms with van der Waals surface area (Å²) in [5, 5.41) is 7.13. The zero-order valence-corrected chi connectivity index (χ0v) is 13.2. The molecule has 22 heavy (non-hydrogen) atoms. The topological polar surface area (TPSA) is 58.5 Å². The van der Waals surface area contributed by atoms with Crippen LogP contribution in [0.15, 0.2) is 53.8 Å². The molecule has 0 aliphatic heterocycles. The lowest BCUT2D eigenvalue weighted by Crippen LogP contribution is -2.38. The average Bonchev–Trinajstić information content (AvgIpc) is 2.56. The van der Waals surface area contributed by atoms with E-state index in [1.807, 2.05) is 36.4 Å². The van der Waals surface area contributed by atoms with Gasteiger partial charge in [-0.15, -0.1) is 0 Å². The molecule has 6 heteroatoms. The molecule has 2 aromatic rings. The molecule has 116 valence electrons. The summed E-state index contributed by atoms with van der Waals surface area (Å²) < 4.78 is 5.55. The van der Waals surface area contributed by atoms with E-state index in [2.05, 4.69) is 20.6 Å². The first kappa shape index (κ1) is 16.1. The van der Waals surface area contributed by atoms with Crippen molar-refractivity contribution < 1.29 is 4.74 Å². The van der Waals surface area contributed by atoms with Crippen LogP contribution in [0.4, 0.5) is 0 Å². The van der Waals surface area contributed by atoms with Crippen LogP contribution in [0.25, 0.3) is 0 Å². The van der Waals surface area contributed by atoms with Crippen LogP contribution in [-0.4, -0.2) is 31.1 Å². The van der Waals surface area contributed by atoms with Crippen LogP contribution in [0.2, 0.25) is 5.02 Å². The number of halogens is 1. The Bertz CT molecular complexity index is 604. The first-order chi connectivity index (χ1) is 10.8. The second-order valence-electron chi connectivity index (χ2n) is 4.48. The van der Waals surface area contributed by atoms with Crippen molar-refractivity contribution in [3.63, 3.8) is 0 Å². The second kappa shape index (κ2) is 8.89. The standard InChI is InChI=1S/C16H19ClN4O/c1-18-16(21-11-13-5-2-3-7-15(13)17)20-9-10-22-14-6-4-8-19-12-14/h2-8,12H,9-11H2,1H3,(H2,18,20,21). The Morgan fingerprint density at radius 1 is 1.23 bits per heavy atom. The van der Waals surface area contributed by atoms with E-state index in [9.17, 15) is 0 Å². The highest BCUT2D eigenvalue weighted by Gasteiger charge is 2.01. The fourth-order valence-electron chi connectivity index (χ4n) is 1.81. The molecule has 2 N–H and O–H groups in total. The molecule has 0 aliphatic carbocycles. The Kier molecular flexibility index (Phi) is 6.51. The van der Waals surface area contributed by atoms with Crippen LogP contribution in [0.5, 0.6) is 5.75 Å². The van der Waals surface area contributed by atoms with Gasteiger partial charge in [-0.05, 0) is 23.8 Å². The van der Waals surface area contributed by atoms with Crippen LogP contribution < -0.4 is 15.4 Å².